The predicted octanol–water partition coefficient (Wildman–Crippen LogP) is -0.596. The number of aliphatic hydroxyl groups is 1. The molecule has 1 atom stereocenters. The fourth-order valence-electron chi connectivity index (χ4n) is 1.74. The molecule has 1 N–H and O–H groups in total. The van der Waals surface area contributed by atoms with E-state index in [1.807, 2.05) is 0 Å². The van der Waals surface area contributed by atoms with E-state index < -0.39 is 15.1 Å². The fourth-order valence-corrected chi connectivity index (χ4v) is 3.64. The lowest BCUT2D eigenvalue weighted by Gasteiger charge is -2.25. The molecule has 0 aromatic rings. The van der Waals surface area contributed by atoms with Crippen LogP contribution in [0.2, 0.25) is 0 Å². The molecule has 1 saturated heterocycles. The van der Waals surface area contributed by atoms with Crippen molar-refractivity contribution in [1.82, 2.24) is 4.90 Å². The van der Waals surface area contributed by atoms with Gasteiger partial charge in [0.15, 0.2) is 9.84 Å². The monoisotopic (exact) mass is 235 g/mol. The van der Waals surface area contributed by atoms with Crippen molar-refractivity contribution in [2.24, 2.45) is 0 Å². The average Bonchev–Trinajstić information content (AvgIpc) is 2.16. The molecule has 1 aliphatic rings. The third-order valence-electron chi connectivity index (χ3n) is 2.67. The van der Waals surface area contributed by atoms with Crippen molar-refractivity contribution in [3.8, 4) is 0 Å². The first kappa shape index (κ1) is 12.4. The van der Waals surface area contributed by atoms with Gasteiger partial charge >= 0.3 is 0 Å². The summed E-state index contributed by atoms with van der Waals surface area (Å²) in [7, 11) is -1.74. The van der Waals surface area contributed by atoms with Crippen LogP contribution < -0.4 is 0 Å². The smallest absolute Gasteiger partial charge is 0.240 e. The third kappa shape index (κ3) is 2.92. The first-order valence-electron chi connectivity index (χ1n) is 5.06. The largest absolute Gasteiger partial charge is 0.395 e. The maximum absolute atomic E-state index is 11.7. The molecule has 0 aromatic carbocycles. The Bertz CT molecular complexity index is 325. The van der Waals surface area contributed by atoms with Gasteiger partial charge in [-0.05, 0) is 12.8 Å². The molecule has 0 radical (unpaired) electrons. The van der Waals surface area contributed by atoms with Crippen molar-refractivity contribution in [3.05, 3.63) is 0 Å². The molecular weight excluding hydrogens is 218 g/mol. The van der Waals surface area contributed by atoms with Crippen LogP contribution in [0.5, 0.6) is 0 Å². The van der Waals surface area contributed by atoms with Gasteiger partial charge in [-0.2, -0.15) is 0 Å². The molecule has 1 unspecified atom stereocenters. The predicted molar refractivity (Wildman–Crippen MR) is 56.1 cm³/mol. The first-order chi connectivity index (χ1) is 6.99. The van der Waals surface area contributed by atoms with Crippen LogP contribution in [0.15, 0.2) is 0 Å². The molecule has 88 valence electrons. The van der Waals surface area contributed by atoms with Crippen LogP contribution in [0, 0.1) is 0 Å². The summed E-state index contributed by atoms with van der Waals surface area (Å²) in [5.74, 6) is -0.278. The van der Waals surface area contributed by atoms with Gasteiger partial charge in [0.25, 0.3) is 0 Å². The van der Waals surface area contributed by atoms with Crippen molar-refractivity contribution < 1.29 is 18.3 Å². The Morgan fingerprint density at radius 3 is 2.67 bits per heavy atom. The highest BCUT2D eigenvalue weighted by Crippen LogP contribution is 2.20. The number of hydrogen-bond donors (Lipinski definition) is 1. The van der Waals surface area contributed by atoms with Gasteiger partial charge in [0.1, 0.15) is 5.25 Å². The molecule has 0 aromatic heterocycles. The fraction of sp³-hybridized carbons (Fsp3) is 0.889. The minimum Gasteiger partial charge on any atom is -0.395 e. The highest BCUT2D eigenvalue weighted by atomic mass is 32.2. The van der Waals surface area contributed by atoms with Crippen molar-refractivity contribution in [2.75, 3.05) is 26.0 Å². The van der Waals surface area contributed by atoms with E-state index in [2.05, 4.69) is 0 Å². The maximum atomic E-state index is 11.7. The molecule has 1 amide bonds. The Balaban J connectivity index is 2.73. The van der Waals surface area contributed by atoms with E-state index in [0.717, 1.165) is 6.42 Å². The summed E-state index contributed by atoms with van der Waals surface area (Å²) < 4.78 is 23.2. The van der Waals surface area contributed by atoms with Gasteiger partial charge < -0.3 is 10.0 Å². The maximum Gasteiger partial charge on any atom is 0.240 e. The van der Waals surface area contributed by atoms with Gasteiger partial charge in [-0.3, -0.25) is 4.79 Å². The third-order valence-corrected chi connectivity index (χ3v) is 4.83. The Kier molecular flexibility index (Phi) is 4.10. The summed E-state index contributed by atoms with van der Waals surface area (Å²) in [6, 6.07) is 0. The van der Waals surface area contributed by atoms with Crippen molar-refractivity contribution in [2.45, 2.75) is 24.5 Å². The standard InChI is InChI=1S/C9H17NO4S/c1-10(5-6-11)9(12)8-4-2-3-7-15(8,13)14/h8,11H,2-7H2,1H3. The minimum atomic E-state index is -3.26. The summed E-state index contributed by atoms with van der Waals surface area (Å²) >= 11 is 0. The summed E-state index contributed by atoms with van der Waals surface area (Å²) in [5.41, 5.74) is 0. The SMILES string of the molecule is CN(CCO)C(=O)C1CCCCS1(=O)=O. The van der Waals surface area contributed by atoms with Crippen LogP contribution in [-0.2, 0) is 14.6 Å². The number of aliphatic hydroxyl groups excluding tert-OH is 1. The number of hydrogen-bond acceptors (Lipinski definition) is 4. The molecule has 1 heterocycles. The van der Waals surface area contributed by atoms with Gasteiger partial charge in [0.05, 0.1) is 12.4 Å². The number of carbonyl (C=O) groups is 1. The lowest BCUT2D eigenvalue weighted by Crippen LogP contribution is -2.44. The number of rotatable bonds is 3. The summed E-state index contributed by atoms with van der Waals surface area (Å²) in [4.78, 5) is 13.0. The number of likely N-dealkylation sites (N-methyl/N-ethyl adjacent to an activating group) is 1. The van der Waals surface area contributed by atoms with E-state index in [1.165, 1.54) is 11.9 Å². The molecular formula is C9H17NO4S. The van der Waals surface area contributed by atoms with Crippen LogP contribution in [0.25, 0.3) is 0 Å². The first-order valence-corrected chi connectivity index (χ1v) is 6.78. The van der Waals surface area contributed by atoms with Gasteiger partial charge in [-0.15, -0.1) is 0 Å². The molecule has 0 aliphatic carbocycles. The van der Waals surface area contributed by atoms with Crippen molar-refractivity contribution >= 4 is 15.7 Å². The van der Waals surface area contributed by atoms with E-state index in [0.29, 0.717) is 12.8 Å². The van der Waals surface area contributed by atoms with Crippen molar-refractivity contribution in [3.63, 3.8) is 0 Å². The van der Waals surface area contributed by atoms with Crippen LogP contribution >= 0.6 is 0 Å². The van der Waals surface area contributed by atoms with Crippen LogP contribution in [0.1, 0.15) is 19.3 Å². The molecule has 0 bridgehead atoms. The zero-order valence-corrected chi connectivity index (χ0v) is 9.66. The Hall–Kier alpha value is -0.620. The highest BCUT2D eigenvalue weighted by molar-refractivity contribution is 7.92. The summed E-state index contributed by atoms with van der Waals surface area (Å²) in [6.07, 6.45) is 1.84. The van der Waals surface area contributed by atoms with E-state index >= 15 is 0 Å². The number of sulfone groups is 1. The van der Waals surface area contributed by atoms with Crippen LogP contribution in [-0.4, -0.2) is 55.5 Å². The lowest BCUT2D eigenvalue weighted by molar-refractivity contribution is -0.130. The second kappa shape index (κ2) is 4.94. The van der Waals surface area contributed by atoms with E-state index in [4.69, 9.17) is 5.11 Å². The minimum absolute atomic E-state index is 0.108. The van der Waals surface area contributed by atoms with Crippen LogP contribution in [0.4, 0.5) is 0 Å². The number of nitrogens with zero attached hydrogens (tertiary/aromatic N) is 1. The molecule has 5 nitrogen and oxygen atoms in total. The van der Waals surface area contributed by atoms with Gasteiger partial charge in [0, 0.05) is 13.6 Å². The Morgan fingerprint density at radius 2 is 2.13 bits per heavy atom. The number of amides is 1. The highest BCUT2D eigenvalue weighted by Gasteiger charge is 2.36. The Labute approximate surface area is 90.0 Å². The van der Waals surface area contributed by atoms with E-state index in [9.17, 15) is 13.2 Å². The lowest BCUT2D eigenvalue weighted by atomic mass is 10.2. The molecule has 1 fully saturated rings. The zero-order valence-electron chi connectivity index (χ0n) is 8.85. The van der Waals surface area contributed by atoms with Gasteiger partial charge in [0.2, 0.25) is 5.91 Å². The second-order valence-electron chi connectivity index (χ2n) is 3.83. The summed E-state index contributed by atoms with van der Waals surface area (Å²) in [6.45, 7) is 0.0415. The quantitative estimate of drug-likeness (QED) is 0.709. The molecule has 6 heteroatoms. The average molecular weight is 235 g/mol. The Morgan fingerprint density at radius 1 is 1.47 bits per heavy atom. The van der Waals surface area contributed by atoms with Gasteiger partial charge in [-0.25, -0.2) is 8.42 Å². The van der Waals surface area contributed by atoms with E-state index in [-0.39, 0.29) is 24.8 Å². The molecule has 1 aliphatic heterocycles. The summed E-state index contributed by atoms with van der Waals surface area (Å²) in [5, 5.41) is 7.78. The number of carbonyl (C=O) groups excluding carboxylic acids is 1. The molecule has 1 rings (SSSR count). The normalized spacial score (nSPS) is 24.8. The molecule has 15 heavy (non-hydrogen) atoms. The zero-order chi connectivity index (χ0) is 11.5. The second-order valence-corrected chi connectivity index (χ2v) is 6.14. The topological polar surface area (TPSA) is 74.7 Å². The van der Waals surface area contributed by atoms with Gasteiger partial charge in [-0.1, -0.05) is 6.42 Å². The molecule has 0 spiro atoms. The van der Waals surface area contributed by atoms with Crippen LogP contribution in [0.3, 0.4) is 0 Å². The van der Waals surface area contributed by atoms with E-state index in [1.54, 1.807) is 0 Å². The van der Waals surface area contributed by atoms with Crippen molar-refractivity contribution in [1.29, 1.82) is 0 Å². The molecule has 0 saturated carbocycles.